The largest absolute Gasteiger partial charge is 0.481 e. The third-order valence-corrected chi connectivity index (χ3v) is 1.46. The average molecular weight is 174 g/mol. The van der Waals surface area contributed by atoms with Crippen LogP contribution in [0, 0.1) is 0 Å². The second-order valence-electron chi connectivity index (χ2n) is 2.11. The predicted octanol–water partition coefficient (Wildman–Crippen LogP) is -1.17. The molecule has 1 fully saturated rings. The quantitative estimate of drug-likeness (QED) is 0.460. The molecule has 11 heavy (non-hydrogen) atoms. The summed E-state index contributed by atoms with van der Waals surface area (Å²) < 4.78 is 0. The van der Waals surface area contributed by atoms with Gasteiger partial charge in [0.05, 0.1) is 6.42 Å². The number of carboxylic acids is 1. The normalized spacial score (nSPS) is 22.7. The molecule has 1 rings (SSSR count). The highest BCUT2D eigenvalue weighted by Gasteiger charge is 2.28. The molecule has 1 aliphatic heterocycles. The maximum Gasteiger partial charge on any atom is 0.305 e. The van der Waals surface area contributed by atoms with Crippen molar-refractivity contribution in [2.24, 2.45) is 0 Å². The average Bonchev–Trinajstić information content (AvgIpc) is 2.09. The molecule has 0 aliphatic carbocycles. The topological polar surface area (TPSA) is 78.4 Å². The standard InChI is InChI=1S/C5H6N2O3S/c8-3(9)1-2-4(10)7-5(11)6-2/h2H,1H2,(H,8,9)(H2,6,7,10,11)/t2-/m0/s1. The van der Waals surface area contributed by atoms with Gasteiger partial charge in [0.1, 0.15) is 6.04 Å². The Morgan fingerprint density at radius 2 is 2.36 bits per heavy atom. The van der Waals surface area contributed by atoms with Gasteiger partial charge in [-0.3, -0.25) is 9.59 Å². The van der Waals surface area contributed by atoms with Gasteiger partial charge in [0, 0.05) is 0 Å². The maximum absolute atomic E-state index is 10.8. The zero-order valence-electron chi connectivity index (χ0n) is 5.46. The first-order valence-corrected chi connectivity index (χ1v) is 3.33. The van der Waals surface area contributed by atoms with Crippen molar-refractivity contribution in [2.75, 3.05) is 0 Å². The summed E-state index contributed by atoms with van der Waals surface area (Å²) in [5, 5.41) is 13.3. The molecule has 0 saturated carbocycles. The first-order chi connectivity index (χ1) is 5.09. The molecule has 0 aromatic heterocycles. The van der Waals surface area contributed by atoms with Gasteiger partial charge in [-0.15, -0.1) is 0 Å². The van der Waals surface area contributed by atoms with Gasteiger partial charge in [0.25, 0.3) is 0 Å². The Balaban J connectivity index is 2.53. The lowest BCUT2D eigenvalue weighted by Gasteiger charge is -2.01. The zero-order chi connectivity index (χ0) is 8.43. The van der Waals surface area contributed by atoms with E-state index < -0.39 is 12.0 Å². The number of carbonyl (C=O) groups excluding carboxylic acids is 1. The SMILES string of the molecule is O=C(O)C[C@@H]1NC(=S)NC1=O. The van der Waals surface area contributed by atoms with Gasteiger partial charge < -0.3 is 15.7 Å². The Kier molecular flexibility index (Phi) is 2.04. The first-order valence-electron chi connectivity index (χ1n) is 2.93. The van der Waals surface area contributed by atoms with Crippen LogP contribution in [0.3, 0.4) is 0 Å². The third-order valence-electron chi connectivity index (χ3n) is 1.24. The van der Waals surface area contributed by atoms with Crippen molar-refractivity contribution in [2.45, 2.75) is 12.5 Å². The fourth-order valence-corrected chi connectivity index (χ4v) is 1.02. The lowest BCUT2D eigenvalue weighted by molar-refractivity contribution is -0.139. The summed E-state index contributed by atoms with van der Waals surface area (Å²) in [5.41, 5.74) is 0. The van der Waals surface area contributed by atoms with Gasteiger partial charge >= 0.3 is 5.97 Å². The fraction of sp³-hybridized carbons (Fsp3) is 0.400. The van der Waals surface area contributed by atoms with Crippen LogP contribution in [0.1, 0.15) is 6.42 Å². The van der Waals surface area contributed by atoms with Crippen LogP contribution in [0.15, 0.2) is 0 Å². The molecule has 60 valence electrons. The second kappa shape index (κ2) is 2.83. The van der Waals surface area contributed by atoms with Gasteiger partial charge in [-0.05, 0) is 12.2 Å². The van der Waals surface area contributed by atoms with Crippen molar-refractivity contribution >= 4 is 29.2 Å². The van der Waals surface area contributed by atoms with Crippen LogP contribution in [0.5, 0.6) is 0 Å². The Morgan fingerprint density at radius 3 is 2.73 bits per heavy atom. The van der Waals surface area contributed by atoms with E-state index in [1.54, 1.807) is 0 Å². The number of thiocarbonyl (C=S) groups is 1. The van der Waals surface area contributed by atoms with E-state index in [0.717, 1.165) is 0 Å². The van der Waals surface area contributed by atoms with Gasteiger partial charge in [-0.25, -0.2) is 0 Å². The minimum atomic E-state index is -1.03. The summed E-state index contributed by atoms with van der Waals surface area (Å²) in [6.07, 6.45) is -0.244. The summed E-state index contributed by atoms with van der Waals surface area (Å²) in [4.78, 5) is 20.9. The van der Waals surface area contributed by atoms with Gasteiger partial charge in [-0.1, -0.05) is 0 Å². The second-order valence-corrected chi connectivity index (χ2v) is 2.52. The number of carboxylic acid groups (broad SMARTS) is 1. The zero-order valence-corrected chi connectivity index (χ0v) is 6.27. The molecule has 3 N–H and O–H groups in total. The van der Waals surface area contributed by atoms with Crippen LogP contribution in [-0.4, -0.2) is 28.1 Å². The minimum absolute atomic E-state index is 0.196. The number of hydrogen-bond acceptors (Lipinski definition) is 3. The Hall–Kier alpha value is -1.17. The van der Waals surface area contributed by atoms with Crippen molar-refractivity contribution < 1.29 is 14.7 Å². The molecule has 0 aromatic carbocycles. The molecule has 0 radical (unpaired) electrons. The summed E-state index contributed by atoms with van der Waals surface area (Å²) in [7, 11) is 0. The van der Waals surface area contributed by atoms with Crippen molar-refractivity contribution in [3.63, 3.8) is 0 Å². The number of nitrogens with one attached hydrogen (secondary N) is 2. The van der Waals surface area contributed by atoms with Crippen molar-refractivity contribution in [3.05, 3.63) is 0 Å². The number of rotatable bonds is 2. The summed E-state index contributed by atoms with van der Waals surface area (Å²) in [5.74, 6) is -1.40. The van der Waals surface area contributed by atoms with Crippen LogP contribution in [0.4, 0.5) is 0 Å². The molecule has 1 saturated heterocycles. The number of carbonyl (C=O) groups is 2. The minimum Gasteiger partial charge on any atom is -0.481 e. The lowest BCUT2D eigenvalue weighted by atomic mass is 10.2. The molecular weight excluding hydrogens is 168 g/mol. The van der Waals surface area contributed by atoms with E-state index in [0.29, 0.717) is 0 Å². The van der Waals surface area contributed by atoms with Crippen molar-refractivity contribution in [1.29, 1.82) is 0 Å². The number of hydrogen-bond donors (Lipinski definition) is 3. The molecule has 1 amide bonds. The summed E-state index contributed by atoms with van der Waals surface area (Å²) >= 11 is 4.59. The smallest absolute Gasteiger partial charge is 0.305 e. The summed E-state index contributed by atoms with van der Waals surface area (Å²) in [6, 6.07) is -0.708. The van der Waals surface area contributed by atoms with Gasteiger partial charge in [0.2, 0.25) is 5.91 Å². The molecule has 0 spiro atoms. The van der Waals surface area contributed by atoms with Gasteiger partial charge in [0.15, 0.2) is 5.11 Å². The highest BCUT2D eigenvalue weighted by Crippen LogP contribution is 1.97. The van der Waals surface area contributed by atoms with E-state index in [2.05, 4.69) is 22.9 Å². The number of amides is 1. The molecule has 0 unspecified atom stereocenters. The van der Waals surface area contributed by atoms with Crippen LogP contribution in [0.25, 0.3) is 0 Å². The van der Waals surface area contributed by atoms with E-state index in [1.807, 2.05) is 0 Å². The molecule has 0 aromatic rings. The number of aliphatic carboxylic acids is 1. The predicted molar refractivity (Wildman–Crippen MR) is 39.9 cm³/mol. The molecule has 1 heterocycles. The highest BCUT2D eigenvalue weighted by molar-refractivity contribution is 7.80. The maximum atomic E-state index is 10.8. The third kappa shape index (κ3) is 1.87. The van der Waals surface area contributed by atoms with Crippen LogP contribution in [0.2, 0.25) is 0 Å². The monoisotopic (exact) mass is 174 g/mol. The Morgan fingerprint density at radius 1 is 1.73 bits per heavy atom. The van der Waals surface area contributed by atoms with E-state index in [-0.39, 0.29) is 17.4 Å². The highest BCUT2D eigenvalue weighted by atomic mass is 32.1. The first kappa shape index (κ1) is 7.93. The fourth-order valence-electron chi connectivity index (χ4n) is 0.777. The molecule has 6 heteroatoms. The lowest BCUT2D eigenvalue weighted by Crippen LogP contribution is -2.31. The Labute approximate surface area is 67.8 Å². The van der Waals surface area contributed by atoms with Crippen molar-refractivity contribution in [1.82, 2.24) is 10.6 Å². The van der Waals surface area contributed by atoms with E-state index in [4.69, 9.17) is 5.11 Å². The molecule has 0 bridgehead atoms. The van der Waals surface area contributed by atoms with Crippen molar-refractivity contribution in [3.8, 4) is 0 Å². The molecule has 1 atom stereocenters. The van der Waals surface area contributed by atoms with E-state index in [1.165, 1.54) is 0 Å². The molecular formula is C5H6N2O3S. The van der Waals surface area contributed by atoms with Crippen LogP contribution < -0.4 is 10.6 Å². The van der Waals surface area contributed by atoms with Crippen LogP contribution >= 0.6 is 12.2 Å². The molecule has 1 aliphatic rings. The van der Waals surface area contributed by atoms with E-state index in [9.17, 15) is 9.59 Å². The Bertz CT molecular complexity index is 228. The van der Waals surface area contributed by atoms with Gasteiger partial charge in [-0.2, -0.15) is 0 Å². The van der Waals surface area contributed by atoms with E-state index >= 15 is 0 Å². The summed E-state index contributed by atoms with van der Waals surface area (Å²) in [6.45, 7) is 0. The molecule has 5 nitrogen and oxygen atoms in total. The van der Waals surface area contributed by atoms with Crippen LogP contribution in [-0.2, 0) is 9.59 Å².